The van der Waals surface area contributed by atoms with Gasteiger partial charge in [0.25, 0.3) is 5.56 Å². The third-order valence-electron chi connectivity index (χ3n) is 4.32. The summed E-state index contributed by atoms with van der Waals surface area (Å²) in [6.45, 7) is 8.92. The van der Waals surface area contributed by atoms with Crippen molar-refractivity contribution in [3.8, 4) is 5.69 Å². The molecule has 1 saturated heterocycles. The molecule has 6 heteroatoms. The van der Waals surface area contributed by atoms with Crippen LogP contribution in [0.1, 0.15) is 18.2 Å². The second-order valence-electron chi connectivity index (χ2n) is 6.01. The molecule has 6 nitrogen and oxygen atoms in total. The Labute approximate surface area is 141 Å². The highest BCUT2D eigenvalue weighted by molar-refractivity contribution is 5.99. The lowest BCUT2D eigenvalue weighted by atomic mass is 10.2. The summed E-state index contributed by atoms with van der Waals surface area (Å²) < 4.78 is 6.92. The molecule has 0 radical (unpaired) electrons. The van der Waals surface area contributed by atoms with Gasteiger partial charge in [-0.1, -0.05) is 18.2 Å². The number of nitrogens with one attached hydrogen (secondary N) is 1. The average Bonchev–Trinajstić information content (AvgIpc) is 2.91. The largest absolute Gasteiger partial charge is 0.379 e. The van der Waals surface area contributed by atoms with Crippen molar-refractivity contribution in [1.82, 2.24) is 14.7 Å². The van der Waals surface area contributed by atoms with Crippen LogP contribution in [-0.4, -0.2) is 59.8 Å². The summed E-state index contributed by atoms with van der Waals surface area (Å²) in [6, 6.07) is 9.59. The van der Waals surface area contributed by atoms with E-state index in [2.05, 4.69) is 15.0 Å². The molecule has 0 saturated carbocycles. The van der Waals surface area contributed by atoms with E-state index in [1.807, 2.05) is 44.2 Å². The lowest BCUT2D eigenvalue weighted by Gasteiger charge is -2.25. The van der Waals surface area contributed by atoms with E-state index >= 15 is 0 Å². The van der Waals surface area contributed by atoms with Crippen molar-refractivity contribution < 1.29 is 4.74 Å². The first-order valence-electron chi connectivity index (χ1n) is 8.35. The number of morpholine rings is 1. The van der Waals surface area contributed by atoms with Crippen LogP contribution in [0, 0.1) is 6.92 Å². The van der Waals surface area contributed by atoms with Crippen molar-refractivity contribution in [3.05, 3.63) is 51.9 Å². The molecule has 0 amide bonds. The monoisotopic (exact) mass is 328 g/mol. The van der Waals surface area contributed by atoms with Crippen LogP contribution in [0.5, 0.6) is 0 Å². The van der Waals surface area contributed by atoms with Gasteiger partial charge in [0.2, 0.25) is 0 Å². The van der Waals surface area contributed by atoms with Gasteiger partial charge in [0, 0.05) is 31.0 Å². The van der Waals surface area contributed by atoms with Crippen molar-refractivity contribution in [1.29, 1.82) is 0 Å². The number of aromatic nitrogens is 2. The van der Waals surface area contributed by atoms with E-state index in [0.717, 1.165) is 49.9 Å². The lowest BCUT2D eigenvalue weighted by Crippen LogP contribution is -2.37. The molecule has 1 aromatic heterocycles. The Morgan fingerprint density at radius 2 is 1.96 bits per heavy atom. The molecule has 0 spiro atoms. The van der Waals surface area contributed by atoms with Gasteiger partial charge in [-0.2, -0.15) is 0 Å². The van der Waals surface area contributed by atoms with Gasteiger partial charge in [0.05, 0.1) is 31.0 Å². The third-order valence-corrected chi connectivity index (χ3v) is 4.32. The standard InChI is InChI=1S/C18H24N4O2/c1-14(19-8-9-21-10-12-24-13-11-21)17-15(2)20-22(18(17)23)16-6-4-3-5-7-16/h3-7,20H,8-13H2,1-2H3. The molecule has 0 bridgehead atoms. The number of ether oxygens (including phenoxy) is 1. The normalized spacial score (nSPS) is 16.5. The molecule has 1 aliphatic rings. The van der Waals surface area contributed by atoms with E-state index in [-0.39, 0.29) is 5.56 Å². The quantitative estimate of drug-likeness (QED) is 0.848. The first-order valence-corrected chi connectivity index (χ1v) is 8.35. The fraction of sp³-hybridized carbons (Fsp3) is 0.444. The van der Waals surface area contributed by atoms with Gasteiger partial charge in [0.1, 0.15) is 0 Å². The second-order valence-corrected chi connectivity index (χ2v) is 6.01. The maximum Gasteiger partial charge on any atom is 0.280 e. The molecule has 0 aliphatic carbocycles. The Kier molecular flexibility index (Phi) is 5.27. The predicted molar refractivity (Wildman–Crippen MR) is 95.5 cm³/mol. The summed E-state index contributed by atoms with van der Waals surface area (Å²) in [6.07, 6.45) is 0. The number of nitrogens with zero attached hydrogens (tertiary/aromatic N) is 3. The molecular formula is C18H24N4O2. The van der Waals surface area contributed by atoms with E-state index < -0.39 is 0 Å². The maximum absolute atomic E-state index is 12.7. The number of hydrogen-bond acceptors (Lipinski definition) is 4. The van der Waals surface area contributed by atoms with Crippen LogP contribution in [-0.2, 0) is 4.74 Å². The average molecular weight is 328 g/mol. The zero-order valence-corrected chi connectivity index (χ0v) is 14.3. The van der Waals surface area contributed by atoms with Gasteiger partial charge >= 0.3 is 0 Å². The number of hydrogen-bond donors (Lipinski definition) is 1. The number of aromatic amines is 1. The van der Waals surface area contributed by atoms with E-state index in [1.165, 1.54) is 0 Å². The van der Waals surface area contributed by atoms with Crippen LogP contribution in [0.3, 0.4) is 0 Å². The first kappa shape index (κ1) is 16.7. The molecule has 2 aromatic rings. The number of H-pyrrole nitrogens is 1. The molecule has 1 aliphatic heterocycles. The minimum absolute atomic E-state index is 0.0497. The van der Waals surface area contributed by atoms with Crippen LogP contribution < -0.4 is 5.56 Å². The number of benzene rings is 1. The highest BCUT2D eigenvalue weighted by atomic mass is 16.5. The highest BCUT2D eigenvalue weighted by Crippen LogP contribution is 2.08. The van der Waals surface area contributed by atoms with Crippen LogP contribution in [0.25, 0.3) is 5.69 Å². The summed E-state index contributed by atoms with van der Waals surface area (Å²) in [4.78, 5) is 19.7. The molecule has 24 heavy (non-hydrogen) atoms. The minimum atomic E-state index is -0.0497. The van der Waals surface area contributed by atoms with Crippen LogP contribution in [0.15, 0.2) is 40.1 Å². The topological polar surface area (TPSA) is 62.6 Å². The van der Waals surface area contributed by atoms with Gasteiger partial charge in [0.15, 0.2) is 0 Å². The van der Waals surface area contributed by atoms with Crippen LogP contribution in [0.2, 0.25) is 0 Å². The summed E-state index contributed by atoms with van der Waals surface area (Å²) in [7, 11) is 0. The fourth-order valence-electron chi connectivity index (χ4n) is 2.99. The SMILES string of the molecule is CC(=NCCN1CCOCC1)c1c(C)[nH]n(-c2ccccc2)c1=O. The molecule has 1 N–H and O–H groups in total. The molecule has 128 valence electrons. The molecule has 1 fully saturated rings. The predicted octanol–water partition coefficient (Wildman–Crippen LogP) is 1.62. The highest BCUT2D eigenvalue weighted by Gasteiger charge is 2.15. The van der Waals surface area contributed by atoms with Crippen LogP contribution in [0.4, 0.5) is 0 Å². The smallest absolute Gasteiger partial charge is 0.280 e. The molecular weight excluding hydrogens is 304 g/mol. The molecule has 2 heterocycles. The van der Waals surface area contributed by atoms with Crippen LogP contribution >= 0.6 is 0 Å². The summed E-state index contributed by atoms with van der Waals surface area (Å²) in [5, 5.41) is 3.15. The van der Waals surface area contributed by atoms with Crippen molar-refractivity contribution in [3.63, 3.8) is 0 Å². The first-order chi connectivity index (χ1) is 11.7. The Bertz CT molecular complexity index is 755. The fourth-order valence-corrected chi connectivity index (χ4v) is 2.99. The number of aryl methyl sites for hydroxylation is 1. The zero-order chi connectivity index (χ0) is 16.9. The van der Waals surface area contributed by atoms with Gasteiger partial charge in [-0.3, -0.25) is 19.8 Å². The minimum Gasteiger partial charge on any atom is -0.379 e. The van der Waals surface area contributed by atoms with Crippen molar-refractivity contribution >= 4 is 5.71 Å². The van der Waals surface area contributed by atoms with Crippen molar-refractivity contribution in [2.45, 2.75) is 13.8 Å². The number of rotatable bonds is 5. The van der Waals surface area contributed by atoms with E-state index in [1.54, 1.807) is 4.68 Å². The van der Waals surface area contributed by atoms with Gasteiger partial charge in [-0.15, -0.1) is 0 Å². The number of para-hydroxylation sites is 1. The van der Waals surface area contributed by atoms with Gasteiger partial charge < -0.3 is 4.74 Å². The Balaban J connectivity index is 1.75. The van der Waals surface area contributed by atoms with E-state index in [4.69, 9.17) is 4.74 Å². The van der Waals surface area contributed by atoms with Crippen molar-refractivity contribution in [2.24, 2.45) is 4.99 Å². The Morgan fingerprint density at radius 3 is 2.67 bits per heavy atom. The Hall–Kier alpha value is -2.18. The molecule has 3 rings (SSSR count). The number of aliphatic imine (C=N–C) groups is 1. The van der Waals surface area contributed by atoms with E-state index in [0.29, 0.717) is 12.1 Å². The Morgan fingerprint density at radius 1 is 1.25 bits per heavy atom. The maximum atomic E-state index is 12.7. The summed E-state index contributed by atoms with van der Waals surface area (Å²) in [5.74, 6) is 0. The lowest BCUT2D eigenvalue weighted by molar-refractivity contribution is 0.0394. The second kappa shape index (κ2) is 7.59. The van der Waals surface area contributed by atoms with Gasteiger partial charge in [-0.25, -0.2) is 4.68 Å². The zero-order valence-electron chi connectivity index (χ0n) is 14.3. The van der Waals surface area contributed by atoms with E-state index in [9.17, 15) is 4.79 Å². The van der Waals surface area contributed by atoms with Gasteiger partial charge in [-0.05, 0) is 26.0 Å². The third kappa shape index (κ3) is 3.66. The van der Waals surface area contributed by atoms with Crippen molar-refractivity contribution in [2.75, 3.05) is 39.4 Å². The molecule has 0 atom stereocenters. The molecule has 1 aromatic carbocycles. The summed E-state index contributed by atoms with van der Waals surface area (Å²) in [5.41, 5.74) is 3.08. The summed E-state index contributed by atoms with van der Waals surface area (Å²) >= 11 is 0. The molecule has 0 unspecified atom stereocenters.